The highest BCUT2D eigenvalue weighted by Crippen LogP contribution is 2.16. The van der Waals surface area contributed by atoms with E-state index in [1.807, 2.05) is 24.3 Å². The number of hydrogen-bond donors (Lipinski definition) is 3. The number of amides is 2. The molecule has 2 aromatic carbocycles. The lowest BCUT2D eigenvalue weighted by Crippen LogP contribution is -2.25. The molecule has 0 aliphatic carbocycles. The molecule has 156 valence electrons. The van der Waals surface area contributed by atoms with Crippen molar-refractivity contribution in [2.75, 3.05) is 30.3 Å². The maximum Gasteiger partial charge on any atom is 0.251 e. The van der Waals surface area contributed by atoms with Crippen molar-refractivity contribution in [2.24, 2.45) is 0 Å². The fourth-order valence-corrected chi connectivity index (χ4v) is 2.61. The Morgan fingerprint density at radius 2 is 1.69 bits per heavy atom. The predicted molar refractivity (Wildman–Crippen MR) is 118 cm³/mol. The Morgan fingerprint density at radius 1 is 0.931 bits per heavy atom. The first-order valence-electron chi connectivity index (χ1n) is 10.3. The molecular weight excluding hydrogens is 366 g/mol. The van der Waals surface area contributed by atoms with Crippen LogP contribution < -0.4 is 20.7 Å². The predicted octanol–water partition coefficient (Wildman–Crippen LogP) is 4.45. The Labute approximate surface area is 173 Å². The number of rotatable bonds is 12. The van der Waals surface area contributed by atoms with Crippen LogP contribution in [0.15, 0.2) is 48.5 Å². The van der Waals surface area contributed by atoms with Crippen LogP contribution in [0.3, 0.4) is 0 Å². The van der Waals surface area contributed by atoms with Gasteiger partial charge < -0.3 is 20.7 Å². The van der Waals surface area contributed by atoms with E-state index in [-0.39, 0.29) is 18.4 Å². The number of anilines is 2. The van der Waals surface area contributed by atoms with Crippen molar-refractivity contribution in [3.8, 4) is 5.75 Å². The Morgan fingerprint density at radius 3 is 2.41 bits per heavy atom. The molecule has 0 saturated heterocycles. The smallest absolute Gasteiger partial charge is 0.251 e. The normalized spacial score (nSPS) is 10.3. The summed E-state index contributed by atoms with van der Waals surface area (Å²) in [5.41, 5.74) is 1.97. The highest BCUT2D eigenvalue weighted by atomic mass is 16.5. The first kappa shape index (κ1) is 22.3. The summed E-state index contributed by atoms with van der Waals surface area (Å²) in [6, 6.07) is 14.5. The van der Waals surface area contributed by atoms with Gasteiger partial charge in [-0.15, -0.1) is 0 Å². The van der Waals surface area contributed by atoms with Crippen molar-refractivity contribution in [2.45, 2.75) is 39.5 Å². The molecule has 0 aromatic heterocycles. The molecule has 3 N–H and O–H groups in total. The second-order valence-electron chi connectivity index (χ2n) is 6.82. The summed E-state index contributed by atoms with van der Waals surface area (Å²) in [5, 5.41) is 8.77. The van der Waals surface area contributed by atoms with Gasteiger partial charge in [-0.2, -0.15) is 0 Å². The number of benzene rings is 2. The van der Waals surface area contributed by atoms with Crippen molar-refractivity contribution in [1.29, 1.82) is 0 Å². The average Bonchev–Trinajstić information content (AvgIpc) is 2.73. The first-order valence-corrected chi connectivity index (χ1v) is 10.3. The largest absolute Gasteiger partial charge is 0.494 e. The van der Waals surface area contributed by atoms with Crippen LogP contribution in [0.1, 0.15) is 49.9 Å². The lowest BCUT2D eigenvalue weighted by atomic mass is 10.2. The van der Waals surface area contributed by atoms with Gasteiger partial charge >= 0.3 is 0 Å². The van der Waals surface area contributed by atoms with Crippen LogP contribution in [0.2, 0.25) is 0 Å². The number of ether oxygens (including phenoxy) is 1. The minimum atomic E-state index is -0.184. The molecule has 2 aromatic rings. The number of hydrogen-bond acceptors (Lipinski definition) is 4. The molecule has 2 rings (SSSR count). The molecule has 0 bridgehead atoms. The molecular formula is C23H31N3O3. The summed E-state index contributed by atoms with van der Waals surface area (Å²) in [7, 11) is 0. The van der Waals surface area contributed by atoms with Gasteiger partial charge in [-0.1, -0.05) is 32.8 Å². The van der Waals surface area contributed by atoms with Gasteiger partial charge in [-0.05, 0) is 55.3 Å². The van der Waals surface area contributed by atoms with Gasteiger partial charge in [-0.25, -0.2) is 0 Å². The lowest BCUT2D eigenvalue weighted by molar-refractivity contribution is -0.114. The number of carbonyl (C=O) groups excluding carboxylic acids is 2. The van der Waals surface area contributed by atoms with Crippen LogP contribution in [-0.4, -0.2) is 31.5 Å². The van der Waals surface area contributed by atoms with Gasteiger partial charge in [0.15, 0.2) is 0 Å². The van der Waals surface area contributed by atoms with E-state index in [1.54, 1.807) is 24.3 Å². The van der Waals surface area contributed by atoms with E-state index in [1.165, 1.54) is 0 Å². The van der Waals surface area contributed by atoms with Crippen molar-refractivity contribution < 1.29 is 14.3 Å². The first-order chi connectivity index (χ1) is 14.1. The van der Waals surface area contributed by atoms with Crippen molar-refractivity contribution in [1.82, 2.24) is 5.32 Å². The zero-order valence-electron chi connectivity index (χ0n) is 17.3. The Kier molecular flexibility index (Phi) is 9.55. The fraction of sp³-hybridized carbons (Fsp3) is 0.391. The molecule has 29 heavy (non-hydrogen) atoms. The van der Waals surface area contributed by atoms with Gasteiger partial charge in [0.05, 0.1) is 13.2 Å². The van der Waals surface area contributed by atoms with Gasteiger partial charge in [-0.3, -0.25) is 9.59 Å². The third-order valence-electron chi connectivity index (χ3n) is 4.30. The number of carbonyl (C=O) groups is 2. The standard InChI is InChI=1S/C23H31N3O3/c1-3-5-14-24-23(28)18-8-7-9-20(16-18)26-22(27)17-25-19-10-12-21(13-11-19)29-15-6-4-2/h7-13,16,25H,3-6,14-15,17H2,1-2H3,(H,24,28)(H,26,27). The molecule has 6 nitrogen and oxygen atoms in total. The van der Waals surface area contributed by atoms with Crippen LogP contribution in [0, 0.1) is 0 Å². The van der Waals surface area contributed by atoms with Crippen LogP contribution in [0.4, 0.5) is 11.4 Å². The highest BCUT2D eigenvalue weighted by molar-refractivity contribution is 5.98. The molecule has 0 atom stereocenters. The van der Waals surface area contributed by atoms with Crippen molar-refractivity contribution >= 4 is 23.2 Å². The van der Waals surface area contributed by atoms with Crippen LogP contribution in [-0.2, 0) is 4.79 Å². The minimum absolute atomic E-state index is 0.128. The van der Waals surface area contributed by atoms with E-state index >= 15 is 0 Å². The maximum absolute atomic E-state index is 12.2. The molecule has 0 heterocycles. The second kappa shape index (κ2) is 12.4. The molecule has 0 radical (unpaired) electrons. The summed E-state index contributed by atoms with van der Waals surface area (Å²) >= 11 is 0. The lowest BCUT2D eigenvalue weighted by Gasteiger charge is -2.10. The fourth-order valence-electron chi connectivity index (χ4n) is 2.61. The van der Waals surface area contributed by atoms with Gasteiger partial charge in [0, 0.05) is 23.5 Å². The molecule has 0 unspecified atom stereocenters. The maximum atomic E-state index is 12.2. The highest BCUT2D eigenvalue weighted by Gasteiger charge is 2.08. The van der Waals surface area contributed by atoms with E-state index in [0.717, 1.165) is 37.1 Å². The molecule has 0 spiro atoms. The number of unbranched alkanes of at least 4 members (excludes halogenated alkanes) is 2. The molecule has 0 aliphatic rings. The summed E-state index contributed by atoms with van der Waals surface area (Å²) in [6.45, 7) is 5.69. The monoisotopic (exact) mass is 397 g/mol. The van der Waals surface area contributed by atoms with E-state index in [4.69, 9.17) is 4.74 Å². The minimum Gasteiger partial charge on any atom is -0.494 e. The molecule has 2 amide bonds. The van der Waals surface area contributed by atoms with E-state index in [9.17, 15) is 9.59 Å². The quantitative estimate of drug-likeness (QED) is 0.463. The summed E-state index contributed by atoms with van der Waals surface area (Å²) < 4.78 is 5.63. The summed E-state index contributed by atoms with van der Waals surface area (Å²) in [5.74, 6) is 0.508. The van der Waals surface area contributed by atoms with Crippen LogP contribution in [0.25, 0.3) is 0 Å². The van der Waals surface area contributed by atoms with E-state index in [0.29, 0.717) is 24.4 Å². The van der Waals surface area contributed by atoms with Crippen molar-refractivity contribution in [3.05, 3.63) is 54.1 Å². The molecule has 0 fully saturated rings. The van der Waals surface area contributed by atoms with Crippen LogP contribution >= 0.6 is 0 Å². The zero-order valence-corrected chi connectivity index (χ0v) is 17.3. The number of nitrogens with one attached hydrogen (secondary N) is 3. The summed E-state index contributed by atoms with van der Waals surface area (Å²) in [4.78, 5) is 24.4. The third-order valence-corrected chi connectivity index (χ3v) is 4.30. The Bertz CT molecular complexity index is 775. The molecule has 0 saturated carbocycles. The average molecular weight is 398 g/mol. The van der Waals surface area contributed by atoms with Crippen molar-refractivity contribution in [3.63, 3.8) is 0 Å². The topological polar surface area (TPSA) is 79.5 Å². The summed E-state index contributed by atoms with van der Waals surface area (Å²) in [6.07, 6.45) is 4.10. The Hall–Kier alpha value is -3.02. The third kappa shape index (κ3) is 8.25. The van der Waals surface area contributed by atoms with E-state index in [2.05, 4.69) is 29.8 Å². The molecule has 0 aliphatic heterocycles. The molecule has 6 heteroatoms. The SMILES string of the molecule is CCCCNC(=O)c1cccc(NC(=O)CNc2ccc(OCCCC)cc2)c1. The van der Waals surface area contributed by atoms with Gasteiger partial charge in [0.1, 0.15) is 5.75 Å². The van der Waals surface area contributed by atoms with E-state index < -0.39 is 0 Å². The Balaban J connectivity index is 1.80. The second-order valence-corrected chi connectivity index (χ2v) is 6.82. The van der Waals surface area contributed by atoms with Gasteiger partial charge in [0.25, 0.3) is 5.91 Å². The van der Waals surface area contributed by atoms with Crippen LogP contribution in [0.5, 0.6) is 5.75 Å². The van der Waals surface area contributed by atoms with Gasteiger partial charge in [0.2, 0.25) is 5.91 Å². The zero-order chi connectivity index (χ0) is 20.9.